The third-order valence-electron chi connectivity index (χ3n) is 11.8. The van der Waals surface area contributed by atoms with Crippen molar-refractivity contribution in [2.24, 2.45) is 0 Å². The molecule has 0 fully saturated rings. The van der Waals surface area contributed by atoms with Crippen molar-refractivity contribution in [3.8, 4) is 78.7 Å². The second-order valence-corrected chi connectivity index (χ2v) is 15.5. The fourth-order valence-corrected chi connectivity index (χ4v) is 8.72. The fourth-order valence-electron chi connectivity index (χ4n) is 8.72. The fraction of sp³-hybridized carbons (Fsp3) is 0. The van der Waals surface area contributed by atoms with E-state index in [1.54, 1.807) is 0 Å². The third kappa shape index (κ3) is 7.25. The van der Waals surface area contributed by atoms with Crippen molar-refractivity contribution in [3.63, 3.8) is 0 Å². The van der Waals surface area contributed by atoms with Crippen molar-refractivity contribution in [2.75, 3.05) is 0 Å². The van der Waals surface area contributed by atoms with Crippen LogP contribution in [-0.4, -0.2) is 15.0 Å². The van der Waals surface area contributed by atoms with Gasteiger partial charge >= 0.3 is 0 Å². The number of benzene rings is 9. The second kappa shape index (κ2) is 17.0. The molecule has 0 saturated carbocycles. The number of hydrogen-bond donors (Lipinski definition) is 0. The van der Waals surface area contributed by atoms with E-state index in [0.717, 1.165) is 93.9 Å². The van der Waals surface area contributed by atoms with E-state index in [9.17, 15) is 0 Å². The van der Waals surface area contributed by atoms with Crippen molar-refractivity contribution in [1.82, 2.24) is 15.0 Å². The van der Waals surface area contributed by atoms with Crippen LogP contribution in [0.15, 0.2) is 221 Å². The summed E-state index contributed by atoms with van der Waals surface area (Å²) in [7, 11) is 4.67. The summed E-state index contributed by atoms with van der Waals surface area (Å²) in [5.41, 5.74) is 15.0. The molecule has 0 amide bonds. The molecule has 9 aromatic carbocycles. The molecule has 0 spiro atoms. The van der Waals surface area contributed by atoms with Gasteiger partial charge in [-0.15, -0.1) is 17.9 Å². The molecule has 0 aliphatic rings. The van der Waals surface area contributed by atoms with Gasteiger partial charge in [-0.05, 0) is 87.0 Å². The van der Waals surface area contributed by atoms with E-state index in [1.807, 2.05) is 54.6 Å². The summed E-state index contributed by atoms with van der Waals surface area (Å²) in [5.74, 6) is 1.78. The summed E-state index contributed by atoms with van der Waals surface area (Å²) in [4.78, 5) is 15.3. The van der Waals surface area contributed by atoms with Gasteiger partial charge in [-0.1, -0.05) is 170 Å². The Kier molecular flexibility index (Phi) is 10.4. The Balaban J connectivity index is 0.00000225. The minimum absolute atomic E-state index is 0.575. The summed E-state index contributed by atoms with van der Waals surface area (Å²) in [5, 5.41) is 4.07. The zero-order chi connectivity index (χ0) is 43.0. The Morgan fingerprint density at radius 3 is 1.25 bits per heavy atom. The van der Waals surface area contributed by atoms with Crippen LogP contribution in [0.1, 0.15) is 0 Å². The first-order valence-corrected chi connectivity index (χ1v) is 23.7. The Bertz CT molecular complexity index is 3630. The van der Waals surface area contributed by atoms with E-state index in [0.29, 0.717) is 17.5 Å². The topological polar surface area (TPSA) is 65.0 Å². The Morgan fingerprint density at radius 1 is 0.266 bits per heavy atom. The van der Waals surface area contributed by atoms with Gasteiger partial charge in [0.2, 0.25) is 0 Å². The van der Waals surface area contributed by atoms with Gasteiger partial charge in [0.1, 0.15) is 22.3 Å². The predicted octanol–water partition coefficient (Wildman–Crippen LogP) is 16.0. The minimum atomic E-state index is 0.575. The molecule has 12 rings (SSSR count). The van der Waals surface area contributed by atoms with Crippen LogP contribution < -0.4 is 0 Å². The highest BCUT2D eigenvalue weighted by Crippen LogP contribution is 2.42. The van der Waals surface area contributed by atoms with Crippen LogP contribution in [0.25, 0.3) is 123 Å². The Hall–Kier alpha value is -7.55. The van der Waals surface area contributed by atoms with E-state index in [4.69, 9.17) is 23.8 Å². The molecule has 2 unspecified atom stereocenters. The SMILES string of the molecule is PP.c1ccc(-c2ccc(-c3nc(-c4ccccc4)nc(-c4cccc5oc6ccc(-c7cccc8oc9ccc(-c%10cccc(-c%11ccccc%11)c%10)cc9c78)cc6c45)n3)cc2)cc1. The van der Waals surface area contributed by atoms with E-state index >= 15 is 0 Å². The smallest absolute Gasteiger partial charge is 0.164 e. The summed E-state index contributed by atoms with van der Waals surface area (Å²) in [6, 6.07) is 73.4. The average Bonchev–Trinajstić information content (AvgIpc) is 3.96. The van der Waals surface area contributed by atoms with E-state index in [2.05, 4.69) is 176 Å². The first-order chi connectivity index (χ1) is 31.7. The second-order valence-electron chi connectivity index (χ2n) is 15.5. The van der Waals surface area contributed by atoms with Crippen molar-refractivity contribution in [3.05, 3.63) is 212 Å². The van der Waals surface area contributed by atoms with Crippen LogP contribution in [0.4, 0.5) is 0 Å². The van der Waals surface area contributed by atoms with Crippen molar-refractivity contribution >= 4 is 61.7 Å². The standard InChI is InChI=1S/C57H35N3O2.H4P2/c1-4-13-36(14-5-1)38-25-27-40(28-26-38)56-58-55(39-17-8-3-9-18-39)59-57(60-56)46-22-12-24-52-54(46)48-35-44(30-32-50(48)62-52)45-21-11-23-51-53(45)47-34-43(29-31-49(47)61-51)42-20-10-19-41(33-42)37-15-6-2-7-16-37;1-2/h1-35H;1-2H2. The van der Waals surface area contributed by atoms with Crippen molar-refractivity contribution in [1.29, 1.82) is 0 Å². The summed E-state index contributed by atoms with van der Waals surface area (Å²) >= 11 is 0. The highest BCUT2D eigenvalue weighted by molar-refractivity contribution is 7.92. The van der Waals surface area contributed by atoms with Crippen LogP contribution in [0, 0.1) is 0 Å². The van der Waals surface area contributed by atoms with Gasteiger partial charge in [0.25, 0.3) is 0 Å². The lowest BCUT2D eigenvalue weighted by Crippen LogP contribution is -2.00. The molecule has 5 nitrogen and oxygen atoms in total. The first kappa shape index (κ1) is 39.3. The van der Waals surface area contributed by atoms with E-state index in [1.165, 1.54) is 11.1 Å². The monoisotopic (exact) mass is 859 g/mol. The Morgan fingerprint density at radius 2 is 0.641 bits per heavy atom. The maximum absolute atomic E-state index is 6.55. The lowest BCUT2D eigenvalue weighted by atomic mass is 9.95. The molecule has 7 heteroatoms. The number of fused-ring (bicyclic) bond motifs is 6. The lowest BCUT2D eigenvalue weighted by Gasteiger charge is -2.10. The molecule has 304 valence electrons. The van der Waals surface area contributed by atoms with Crippen LogP contribution in [-0.2, 0) is 0 Å². The maximum atomic E-state index is 6.55. The van der Waals surface area contributed by atoms with Crippen LogP contribution in [0.5, 0.6) is 0 Å². The minimum Gasteiger partial charge on any atom is -0.456 e. The molecule has 3 heterocycles. The summed E-state index contributed by atoms with van der Waals surface area (Å²) in [6.07, 6.45) is 0. The molecule has 12 aromatic rings. The highest BCUT2D eigenvalue weighted by Gasteiger charge is 2.20. The molecule has 0 N–H and O–H groups in total. The zero-order valence-electron chi connectivity index (χ0n) is 34.5. The highest BCUT2D eigenvalue weighted by atomic mass is 32.0. The number of nitrogens with zero attached hydrogens (tertiary/aromatic N) is 3. The van der Waals surface area contributed by atoms with Crippen LogP contribution >= 0.6 is 17.9 Å². The lowest BCUT2D eigenvalue weighted by molar-refractivity contribution is 0.669. The summed E-state index contributed by atoms with van der Waals surface area (Å²) < 4.78 is 13.1. The molecule has 0 aliphatic carbocycles. The maximum Gasteiger partial charge on any atom is 0.164 e. The quantitative estimate of drug-likeness (QED) is 0.149. The average molecular weight is 860 g/mol. The molecule has 64 heavy (non-hydrogen) atoms. The molecule has 0 radical (unpaired) electrons. The van der Waals surface area contributed by atoms with E-state index < -0.39 is 0 Å². The Labute approximate surface area is 374 Å². The van der Waals surface area contributed by atoms with Gasteiger partial charge < -0.3 is 8.83 Å². The summed E-state index contributed by atoms with van der Waals surface area (Å²) in [6.45, 7) is 0. The van der Waals surface area contributed by atoms with Crippen LogP contribution in [0.2, 0.25) is 0 Å². The molecule has 0 saturated heterocycles. The van der Waals surface area contributed by atoms with E-state index in [-0.39, 0.29) is 0 Å². The van der Waals surface area contributed by atoms with Crippen LogP contribution in [0.3, 0.4) is 0 Å². The molecule has 2 atom stereocenters. The molecule has 0 bridgehead atoms. The number of aromatic nitrogens is 3. The van der Waals surface area contributed by atoms with Gasteiger partial charge in [0.15, 0.2) is 17.5 Å². The molecule has 3 aromatic heterocycles. The van der Waals surface area contributed by atoms with Crippen molar-refractivity contribution in [2.45, 2.75) is 0 Å². The predicted molar refractivity (Wildman–Crippen MR) is 272 cm³/mol. The van der Waals surface area contributed by atoms with Gasteiger partial charge in [-0.2, -0.15) is 0 Å². The number of furan rings is 2. The van der Waals surface area contributed by atoms with Gasteiger partial charge in [-0.25, -0.2) is 15.0 Å². The molecule has 0 aliphatic heterocycles. The van der Waals surface area contributed by atoms with Gasteiger partial charge in [0.05, 0.1) is 0 Å². The first-order valence-electron chi connectivity index (χ1n) is 21.1. The largest absolute Gasteiger partial charge is 0.456 e. The van der Waals surface area contributed by atoms with Crippen molar-refractivity contribution < 1.29 is 8.83 Å². The van der Waals surface area contributed by atoms with Gasteiger partial charge in [0, 0.05) is 38.2 Å². The normalized spacial score (nSPS) is 11.3. The zero-order valence-corrected chi connectivity index (χ0v) is 36.8. The third-order valence-corrected chi connectivity index (χ3v) is 11.8. The molecular weight excluding hydrogens is 821 g/mol. The number of rotatable bonds is 7. The molecular formula is C57H39N3O2P2. The van der Waals surface area contributed by atoms with Gasteiger partial charge in [-0.3, -0.25) is 0 Å². The number of hydrogen-bond acceptors (Lipinski definition) is 5.